The van der Waals surface area contributed by atoms with Gasteiger partial charge in [-0.1, -0.05) is 6.07 Å². The zero-order valence-electron chi connectivity index (χ0n) is 11.0. The molecule has 0 aliphatic carbocycles. The molecule has 3 N–H and O–H groups in total. The third kappa shape index (κ3) is 5.86. The molecule has 0 aliphatic heterocycles. The number of amides is 1. The van der Waals surface area contributed by atoms with E-state index in [0.717, 1.165) is 6.07 Å². The van der Waals surface area contributed by atoms with Gasteiger partial charge >= 0.3 is 13.2 Å². The molecule has 0 radical (unpaired) electrons. The predicted molar refractivity (Wildman–Crippen MR) is 65.2 cm³/mol. The molecule has 5 nitrogen and oxygen atoms in total. The van der Waals surface area contributed by atoms with Crippen LogP contribution in [0.5, 0.6) is 11.5 Å². The van der Waals surface area contributed by atoms with Gasteiger partial charge in [0.05, 0.1) is 6.04 Å². The van der Waals surface area contributed by atoms with Crippen LogP contribution < -0.4 is 20.5 Å². The fourth-order valence-corrected chi connectivity index (χ4v) is 1.43. The summed E-state index contributed by atoms with van der Waals surface area (Å²) in [6.45, 7) is -4.73. The minimum absolute atomic E-state index is 0.0128. The van der Waals surface area contributed by atoms with E-state index in [2.05, 4.69) is 14.8 Å². The Morgan fingerprint density at radius 2 is 1.86 bits per heavy atom. The van der Waals surface area contributed by atoms with Crippen molar-refractivity contribution in [3.63, 3.8) is 0 Å². The van der Waals surface area contributed by atoms with Crippen molar-refractivity contribution in [2.75, 3.05) is 0 Å². The second-order valence-corrected chi connectivity index (χ2v) is 4.03. The molecule has 1 aromatic carbocycles. The van der Waals surface area contributed by atoms with Crippen LogP contribution >= 0.6 is 0 Å². The van der Waals surface area contributed by atoms with Crippen LogP contribution in [0.3, 0.4) is 0 Å². The van der Waals surface area contributed by atoms with E-state index in [1.165, 1.54) is 19.1 Å². The molecule has 1 aromatic rings. The number of rotatable bonds is 8. The smallest absolute Gasteiger partial charge is 0.387 e. The SMILES string of the molecule is CC(NCc1ccc(OC(F)F)cc1OC(F)F)C(N)=O. The topological polar surface area (TPSA) is 73.6 Å². The maximum atomic E-state index is 12.3. The van der Waals surface area contributed by atoms with E-state index in [0.29, 0.717) is 0 Å². The minimum Gasteiger partial charge on any atom is -0.435 e. The molecule has 1 atom stereocenters. The summed E-state index contributed by atoms with van der Waals surface area (Å²) >= 11 is 0. The Hall–Kier alpha value is -2.03. The number of hydrogen-bond donors (Lipinski definition) is 2. The lowest BCUT2D eigenvalue weighted by Crippen LogP contribution is -2.38. The van der Waals surface area contributed by atoms with Gasteiger partial charge in [0, 0.05) is 18.2 Å². The van der Waals surface area contributed by atoms with E-state index in [4.69, 9.17) is 5.73 Å². The van der Waals surface area contributed by atoms with Crippen LogP contribution in [0.25, 0.3) is 0 Å². The maximum Gasteiger partial charge on any atom is 0.387 e. The van der Waals surface area contributed by atoms with Gasteiger partial charge in [0.15, 0.2) is 0 Å². The van der Waals surface area contributed by atoms with E-state index >= 15 is 0 Å². The standard InChI is InChI=1S/C12H14F4N2O3/c1-6(10(17)19)18-5-7-2-3-8(20-11(13)14)4-9(7)21-12(15)16/h2-4,6,11-12,18H,5H2,1H3,(H2,17,19). The van der Waals surface area contributed by atoms with Gasteiger partial charge in [0.25, 0.3) is 0 Å². The molecule has 0 spiro atoms. The Balaban J connectivity index is 2.88. The van der Waals surface area contributed by atoms with Crippen LogP contribution in [0, 0.1) is 0 Å². The Labute approximate surface area is 118 Å². The summed E-state index contributed by atoms with van der Waals surface area (Å²) in [4.78, 5) is 10.9. The average Bonchev–Trinajstić information content (AvgIpc) is 2.35. The number of nitrogens with one attached hydrogen (secondary N) is 1. The summed E-state index contributed by atoms with van der Waals surface area (Å²) < 4.78 is 57.1. The molecule has 118 valence electrons. The molecule has 0 fully saturated rings. The Kier molecular flexibility index (Phi) is 6.22. The molecule has 0 aromatic heterocycles. The minimum atomic E-state index is -3.13. The summed E-state index contributed by atoms with van der Waals surface area (Å²) in [6.07, 6.45) is 0. The van der Waals surface area contributed by atoms with Gasteiger partial charge < -0.3 is 20.5 Å². The van der Waals surface area contributed by atoms with Gasteiger partial charge in [-0.3, -0.25) is 4.79 Å². The fraction of sp³-hybridized carbons (Fsp3) is 0.417. The van der Waals surface area contributed by atoms with Crippen LogP contribution in [0.4, 0.5) is 17.6 Å². The van der Waals surface area contributed by atoms with E-state index in [9.17, 15) is 22.4 Å². The van der Waals surface area contributed by atoms with Crippen molar-refractivity contribution in [2.24, 2.45) is 5.73 Å². The van der Waals surface area contributed by atoms with Gasteiger partial charge in [-0.05, 0) is 13.0 Å². The van der Waals surface area contributed by atoms with Crippen molar-refractivity contribution < 1.29 is 31.8 Å². The lowest BCUT2D eigenvalue weighted by molar-refractivity contribution is -0.119. The number of carbonyl (C=O) groups is 1. The number of halogens is 4. The molecule has 1 amide bonds. The number of primary amides is 1. The Morgan fingerprint density at radius 3 is 2.38 bits per heavy atom. The zero-order valence-corrected chi connectivity index (χ0v) is 11.0. The zero-order chi connectivity index (χ0) is 16.0. The first-order chi connectivity index (χ1) is 9.79. The molecule has 9 heteroatoms. The molecular formula is C12H14F4N2O3. The summed E-state index contributed by atoms with van der Waals surface area (Å²) in [5.74, 6) is -1.26. The molecule has 0 saturated carbocycles. The van der Waals surface area contributed by atoms with Crippen LogP contribution in [-0.4, -0.2) is 25.2 Å². The van der Waals surface area contributed by atoms with Crippen molar-refractivity contribution in [2.45, 2.75) is 32.7 Å². The highest BCUT2D eigenvalue weighted by Gasteiger charge is 2.15. The van der Waals surface area contributed by atoms with Crippen molar-refractivity contribution in [1.29, 1.82) is 0 Å². The monoisotopic (exact) mass is 310 g/mol. The molecule has 0 bridgehead atoms. The Bertz CT molecular complexity index is 486. The summed E-state index contributed by atoms with van der Waals surface area (Å²) in [5, 5.41) is 2.68. The lowest BCUT2D eigenvalue weighted by Gasteiger charge is -2.15. The van der Waals surface area contributed by atoms with Crippen LogP contribution in [0.2, 0.25) is 0 Å². The summed E-state index contributed by atoms with van der Waals surface area (Å²) in [6, 6.07) is 2.68. The maximum absolute atomic E-state index is 12.3. The molecule has 0 saturated heterocycles. The predicted octanol–water partition coefficient (Wildman–Crippen LogP) is 1.85. The highest BCUT2D eigenvalue weighted by atomic mass is 19.3. The summed E-state index contributed by atoms with van der Waals surface area (Å²) in [7, 11) is 0. The van der Waals surface area contributed by atoms with Crippen molar-refractivity contribution >= 4 is 5.91 Å². The van der Waals surface area contributed by atoms with E-state index in [1.807, 2.05) is 0 Å². The highest BCUT2D eigenvalue weighted by molar-refractivity contribution is 5.79. The van der Waals surface area contributed by atoms with Crippen molar-refractivity contribution in [3.05, 3.63) is 23.8 Å². The normalized spacial score (nSPS) is 12.5. The van der Waals surface area contributed by atoms with Gasteiger partial charge in [0.1, 0.15) is 11.5 Å². The fourth-order valence-electron chi connectivity index (χ4n) is 1.43. The number of alkyl halides is 4. The quantitative estimate of drug-likeness (QED) is 0.719. The van der Waals surface area contributed by atoms with Gasteiger partial charge in [-0.25, -0.2) is 0 Å². The number of benzene rings is 1. The Morgan fingerprint density at radius 1 is 1.24 bits per heavy atom. The van der Waals surface area contributed by atoms with Gasteiger partial charge in [-0.2, -0.15) is 17.6 Å². The third-order valence-electron chi connectivity index (χ3n) is 2.51. The number of nitrogens with two attached hydrogens (primary N) is 1. The highest BCUT2D eigenvalue weighted by Crippen LogP contribution is 2.27. The lowest BCUT2D eigenvalue weighted by atomic mass is 10.1. The van der Waals surface area contributed by atoms with Crippen molar-refractivity contribution in [1.82, 2.24) is 5.32 Å². The first kappa shape index (κ1) is 17.0. The largest absolute Gasteiger partial charge is 0.435 e. The molecular weight excluding hydrogens is 296 g/mol. The van der Waals surface area contributed by atoms with Crippen LogP contribution in [0.15, 0.2) is 18.2 Å². The first-order valence-corrected chi connectivity index (χ1v) is 5.85. The molecule has 1 rings (SSSR count). The second-order valence-electron chi connectivity index (χ2n) is 4.03. The third-order valence-corrected chi connectivity index (χ3v) is 2.51. The number of hydrogen-bond acceptors (Lipinski definition) is 4. The molecule has 0 aliphatic rings. The van der Waals surface area contributed by atoms with Crippen LogP contribution in [0.1, 0.15) is 12.5 Å². The van der Waals surface area contributed by atoms with Crippen molar-refractivity contribution in [3.8, 4) is 11.5 Å². The molecule has 21 heavy (non-hydrogen) atoms. The van der Waals surface area contributed by atoms with Crippen LogP contribution in [-0.2, 0) is 11.3 Å². The summed E-state index contributed by atoms with van der Waals surface area (Å²) in [5.41, 5.74) is 5.28. The second kappa shape index (κ2) is 7.67. The van der Waals surface area contributed by atoms with E-state index in [1.54, 1.807) is 0 Å². The first-order valence-electron chi connectivity index (χ1n) is 5.85. The van der Waals surface area contributed by atoms with E-state index < -0.39 is 25.2 Å². The van der Waals surface area contributed by atoms with Gasteiger partial charge in [0.2, 0.25) is 5.91 Å². The average molecular weight is 310 g/mol. The molecule has 1 unspecified atom stereocenters. The number of carbonyl (C=O) groups excluding carboxylic acids is 1. The van der Waals surface area contributed by atoms with Gasteiger partial charge in [-0.15, -0.1) is 0 Å². The number of ether oxygens (including phenoxy) is 2. The molecule has 0 heterocycles. The van der Waals surface area contributed by atoms with E-state index in [-0.39, 0.29) is 23.6 Å².